The third kappa shape index (κ3) is 3.29. The molecule has 0 aliphatic carbocycles. The fourth-order valence-electron chi connectivity index (χ4n) is 2.03. The molecule has 0 radical (unpaired) electrons. The Morgan fingerprint density at radius 2 is 2.38 bits per heavy atom. The van der Waals surface area contributed by atoms with Crippen molar-refractivity contribution in [2.75, 3.05) is 13.1 Å². The van der Waals surface area contributed by atoms with E-state index in [1.54, 1.807) is 11.3 Å². The van der Waals surface area contributed by atoms with E-state index in [0.717, 1.165) is 24.0 Å². The van der Waals surface area contributed by atoms with Crippen LogP contribution >= 0.6 is 27.3 Å². The lowest BCUT2D eigenvalue weighted by Crippen LogP contribution is -2.40. The van der Waals surface area contributed by atoms with Gasteiger partial charge in [-0.25, -0.2) is 0 Å². The Morgan fingerprint density at radius 1 is 1.56 bits per heavy atom. The molecule has 2 atom stereocenters. The van der Waals surface area contributed by atoms with Gasteiger partial charge in [-0.15, -0.1) is 11.3 Å². The second-order valence-corrected chi connectivity index (χ2v) is 6.56. The fraction of sp³-hybridized carbons (Fsp3) is 0.667. The van der Waals surface area contributed by atoms with Gasteiger partial charge < -0.3 is 10.1 Å². The third-order valence-electron chi connectivity index (χ3n) is 2.70. The van der Waals surface area contributed by atoms with Gasteiger partial charge in [0.05, 0.1) is 6.10 Å². The zero-order chi connectivity index (χ0) is 11.5. The second kappa shape index (κ2) is 5.63. The molecular weight excluding hydrogens is 286 g/mol. The largest absolute Gasteiger partial charge is 0.367 e. The monoisotopic (exact) mass is 303 g/mol. The molecule has 1 fully saturated rings. The summed E-state index contributed by atoms with van der Waals surface area (Å²) in [5, 5.41) is 5.58. The molecule has 2 unspecified atom stereocenters. The molecule has 2 heterocycles. The molecule has 16 heavy (non-hydrogen) atoms. The number of ether oxygens (including phenoxy) is 1. The Morgan fingerprint density at radius 3 is 3.00 bits per heavy atom. The van der Waals surface area contributed by atoms with E-state index in [0.29, 0.717) is 12.0 Å². The van der Waals surface area contributed by atoms with Gasteiger partial charge >= 0.3 is 0 Å². The number of thiophene rings is 1. The topological polar surface area (TPSA) is 21.3 Å². The van der Waals surface area contributed by atoms with Crippen LogP contribution in [-0.4, -0.2) is 19.2 Å². The van der Waals surface area contributed by atoms with Crippen LogP contribution in [0.4, 0.5) is 0 Å². The van der Waals surface area contributed by atoms with Crippen molar-refractivity contribution in [1.82, 2.24) is 5.32 Å². The maximum Gasteiger partial charge on any atom is 0.104 e. The van der Waals surface area contributed by atoms with Gasteiger partial charge in [-0.3, -0.25) is 0 Å². The predicted octanol–water partition coefficient (Wildman–Crippen LogP) is 3.59. The van der Waals surface area contributed by atoms with Gasteiger partial charge in [0.15, 0.2) is 0 Å². The number of nitrogens with one attached hydrogen (secondary N) is 1. The molecule has 1 aromatic heterocycles. The molecule has 0 aromatic carbocycles. The smallest absolute Gasteiger partial charge is 0.104 e. The van der Waals surface area contributed by atoms with Crippen LogP contribution in [0.2, 0.25) is 0 Å². The zero-order valence-corrected chi connectivity index (χ0v) is 12.1. The number of hydrogen-bond donors (Lipinski definition) is 1. The molecule has 2 rings (SSSR count). The highest BCUT2D eigenvalue weighted by Crippen LogP contribution is 2.30. The molecule has 1 saturated heterocycles. The average Bonchev–Trinajstić information content (AvgIpc) is 2.64. The summed E-state index contributed by atoms with van der Waals surface area (Å²) in [4.78, 5) is 1.31. The molecule has 0 saturated carbocycles. The van der Waals surface area contributed by atoms with Gasteiger partial charge in [-0.05, 0) is 34.3 Å². The van der Waals surface area contributed by atoms with Gasteiger partial charge in [-0.2, -0.15) is 0 Å². The molecule has 4 heteroatoms. The van der Waals surface area contributed by atoms with Crippen molar-refractivity contribution in [3.05, 3.63) is 20.8 Å². The molecule has 90 valence electrons. The lowest BCUT2D eigenvalue weighted by molar-refractivity contribution is -0.0457. The van der Waals surface area contributed by atoms with Crippen molar-refractivity contribution < 1.29 is 4.74 Å². The first-order chi connectivity index (χ1) is 7.65. The van der Waals surface area contributed by atoms with E-state index < -0.39 is 0 Å². The van der Waals surface area contributed by atoms with Crippen molar-refractivity contribution in [2.45, 2.75) is 32.5 Å². The first-order valence-corrected chi connectivity index (χ1v) is 7.42. The van der Waals surface area contributed by atoms with Crippen LogP contribution in [0.5, 0.6) is 0 Å². The number of hydrogen-bond acceptors (Lipinski definition) is 3. The van der Waals surface area contributed by atoms with Crippen LogP contribution in [0.3, 0.4) is 0 Å². The van der Waals surface area contributed by atoms with Gasteiger partial charge in [0.2, 0.25) is 0 Å². The van der Waals surface area contributed by atoms with Gasteiger partial charge in [0.25, 0.3) is 0 Å². The summed E-state index contributed by atoms with van der Waals surface area (Å²) in [7, 11) is 0. The highest BCUT2D eigenvalue weighted by Gasteiger charge is 2.24. The van der Waals surface area contributed by atoms with Crippen molar-refractivity contribution in [2.24, 2.45) is 5.92 Å². The standard InChI is InChI=1S/C12H18BrNOS/c1-8(2)3-10-5-14-6-11(15-10)12-4-9(13)7-16-12/h4,7-8,10-11,14H,3,5-6H2,1-2H3. The van der Waals surface area contributed by atoms with Crippen LogP contribution in [0.25, 0.3) is 0 Å². The van der Waals surface area contributed by atoms with E-state index in [2.05, 4.69) is 46.5 Å². The van der Waals surface area contributed by atoms with E-state index >= 15 is 0 Å². The van der Waals surface area contributed by atoms with E-state index in [9.17, 15) is 0 Å². The van der Waals surface area contributed by atoms with E-state index in [1.165, 1.54) is 4.88 Å². The zero-order valence-electron chi connectivity index (χ0n) is 9.70. The molecule has 1 aliphatic rings. The van der Waals surface area contributed by atoms with E-state index in [-0.39, 0.29) is 6.10 Å². The molecule has 1 aromatic rings. The van der Waals surface area contributed by atoms with Crippen LogP contribution < -0.4 is 5.32 Å². The maximum atomic E-state index is 6.12. The second-order valence-electron chi connectivity index (χ2n) is 4.70. The molecule has 0 bridgehead atoms. The summed E-state index contributed by atoms with van der Waals surface area (Å²) in [6, 6.07) is 2.16. The summed E-state index contributed by atoms with van der Waals surface area (Å²) in [5.74, 6) is 0.695. The lowest BCUT2D eigenvalue weighted by atomic mass is 10.0. The fourth-order valence-corrected chi connectivity index (χ4v) is 3.51. The highest BCUT2D eigenvalue weighted by atomic mass is 79.9. The Kier molecular flexibility index (Phi) is 4.41. The molecular formula is C12H18BrNOS. The average molecular weight is 304 g/mol. The Bertz CT molecular complexity index is 340. The summed E-state index contributed by atoms with van der Waals surface area (Å²) < 4.78 is 7.28. The summed E-state index contributed by atoms with van der Waals surface area (Å²) in [6.07, 6.45) is 1.73. The van der Waals surface area contributed by atoms with Crippen molar-refractivity contribution in [3.8, 4) is 0 Å². The van der Waals surface area contributed by atoms with Crippen LogP contribution in [0.1, 0.15) is 31.2 Å². The minimum Gasteiger partial charge on any atom is -0.367 e. The van der Waals surface area contributed by atoms with Crippen LogP contribution in [0.15, 0.2) is 15.9 Å². The minimum atomic E-state index is 0.230. The molecule has 1 aliphatic heterocycles. The Hall–Kier alpha value is 0.1000. The predicted molar refractivity (Wildman–Crippen MR) is 72.0 cm³/mol. The van der Waals surface area contributed by atoms with E-state index in [4.69, 9.17) is 4.74 Å². The van der Waals surface area contributed by atoms with Crippen LogP contribution in [0, 0.1) is 5.92 Å². The number of halogens is 1. The number of morpholine rings is 1. The third-order valence-corrected chi connectivity index (χ3v) is 4.48. The van der Waals surface area contributed by atoms with E-state index in [1.807, 2.05) is 0 Å². The van der Waals surface area contributed by atoms with Crippen LogP contribution in [-0.2, 0) is 4.74 Å². The molecule has 0 amide bonds. The number of rotatable bonds is 3. The quantitative estimate of drug-likeness (QED) is 0.921. The minimum absolute atomic E-state index is 0.230. The van der Waals surface area contributed by atoms with Crippen molar-refractivity contribution >= 4 is 27.3 Å². The normalized spacial score (nSPS) is 26.2. The summed E-state index contributed by atoms with van der Waals surface area (Å²) in [5.41, 5.74) is 0. The van der Waals surface area contributed by atoms with Crippen molar-refractivity contribution in [3.63, 3.8) is 0 Å². The van der Waals surface area contributed by atoms with Crippen molar-refractivity contribution in [1.29, 1.82) is 0 Å². The highest BCUT2D eigenvalue weighted by molar-refractivity contribution is 9.10. The lowest BCUT2D eigenvalue weighted by Gasteiger charge is -2.31. The van der Waals surface area contributed by atoms with Gasteiger partial charge in [0, 0.05) is 27.8 Å². The Labute approximate surface area is 110 Å². The first kappa shape index (κ1) is 12.6. The Balaban J connectivity index is 1.96. The molecule has 2 nitrogen and oxygen atoms in total. The first-order valence-electron chi connectivity index (χ1n) is 5.75. The summed E-state index contributed by atoms with van der Waals surface area (Å²) in [6.45, 7) is 6.41. The SMILES string of the molecule is CC(C)CC1CNCC(c2cc(Br)cs2)O1. The van der Waals surface area contributed by atoms with Gasteiger partial charge in [0.1, 0.15) is 6.10 Å². The molecule has 0 spiro atoms. The maximum absolute atomic E-state index is 6.12. The van der Waals surface area contributed by atoms with Gasteiger partial charge in [-0.1, -0.05) is 13.8 Å². The molecule has 1 N–H and O–H groups in total. The summed E-state index contributed by atoms with van der Waals surface area (Å²) >= 11 is 5.25.